The van der Waals surface area contributed by atoms with Gasteiger partial charge in [-0.2, -0.15) is 10.4 Å². The number of aliphatic imine (C=N–C) groups is 1. The maximum atomic E-state index is 8.88. The molecule has 58 valence electrons. The molecule has 5 nitrogen and oxygen atoms in total. The molecule has 1 fully saturated rings. The predicted octanol–water partition coefficient (Wildman–Crippen LogP) is -0.415. The van der Waals surface area contributed by atoms with Crippen LogP contribution < -0.4 is 5.48 Å². The highest BCUT2D eigenvalue weighted by Crippen LogP contribution is 2.06. The van der Waals surface area contributed by atoms with Crippen molar-refractivity contribution in [2.45, 2.75) is 19.0 Å². The standard InChI is InChI=1S/C5H11N3O2/c1-4-5(3-6-2)7-10-8(4)9/h3-5,7,9H,1-2H3. The second-order valence-corrected chi connectivity index (χ2v) is 2.19. The first-order valence-electron chi connectivity index (χ1n) is 3.08. The molecule has 0 amide bonds. The summed E-state index contributed by atoms with van der Waals surface area (Å²) in [5.41, 5.74) is 2.58. The van der Waals surface area contributed by atoms with Crippen LogP contribution in [0.4, 0.5) is 0 Å². The van der Waals surface area contributed by atoms with E-state index >= 15 is 0 Å². The first-order chi connectivity index (χ1) is 4.75. The predicted molar refractivity (Wildman–Crippen MR) is 35.5 cm³/mol. The van der Waals surface area contributed by atoms with E-state index in [1.165, 1.54) is 0 Å². The lowest BCUT2D eigenvalue weighted by molar-refractivity contribution is -0.346. The Balaban J connectivity index is 2.48. The molecule has 5 heteroatoms. The van der Waals surface area contributed by atoms with Crippen LogP contribution in [0.5, 0.6) is 0 Å². The highest BCUT2D eigenvalue weighted by molar-refractivity contribution is 5.65. The molecule has 1 aliphatic rings. The van der Waals surface area contributed by atoms with Crippen molar-refractivity contribution in [2.75, 3.05) is 7.05 Å². The van der Waals surface area contributed by atoms with E-state index < -0.39 is 0 Å². The quantitative estimate of drug-likeness (QED) is 0.492. The zero-order valence-corrected chi connectivity index (χ0v) is 5.98. The summed E-state index contributed by atoms with van der Waals surface area (Å²) in [7, 11) is 1.68. The van der Waals surface area contributed by atoms with Crippen LogP contribution in [-0.4, -0.2) is 35.8 Å². The van der Waals surface area contributed by atoms with E-state index in [9.17, 15) is 0 Å². The van der Waals surface area contributed by atoms with Gasteiger partial charge < -0.3 is 0 Å². The van der Waals surface area contributed by atoms with Gasteiger partial charge in [0, 0.05) is 13.3 Å². The van der Waals surface area contributed by atoms with Gasteiger partial charge in [-0.15, -0.1) is 0 Å². The summed E-state index contributed by atoms with van der Waals surface area (Å²) in [5, 5.41) is 9.65. The van der Waals surface area contributed by atoms with E-state index in [0.717, 1.165) is 5.23 Å². The van der Waals surface area contributed by atoms with Crippen LogP contribution in [-0.2, 0) is 4.94 Å². The Morgan fingerprint density at radius 1 is 1.80 bits per heavy atom. The first-order valence-corrected chi connectivity index (χ1v) is 3.08. The van der Waals surface area contributed by atoms with Gasteiger partial charge in [0.2, 0.25) is 0 Å². The number of hydrogen-bond donors (Lipinski definition) is 2. The molecule has 0 aromatic heterocycles. The molecule has 1 saturated heterocycles. The van der Waals surface area contributed by atoms with E-state index in [0.29, 0.717) is 0 Å². The molecule has 0 saturated carbocycles. The number of hydrogen-bond acceptors (Lipinski definition) is 5. The van der Waals surface area contributed by atoms with Gasteiger partial charge >= 0.3 is 0 Å². The number of hydroxylamine groups is 3. The summed E-state index contributed by atoms with van der Waals surface area (Å²) in [5.74, 6) is 0. The third kappa shape index (κ3) is 1.32. The van der Waals surface area contributed by atoms with Gasteiger partial charge in [-0.25, -0.2) is 0 Å². The molecule has 0 aromatic carbocycles. The molecule has 1 aliphatic heterocycles. The topological polar surface area (TPSA) is 57.1 Å². The second kappa shape index (κ2) is 3.07. The average Bonchev–Trinajstić information content (AvgIpc) is 2.20. The third-order valence-electron chi connectivity index (χ3n) is 1.46. The smallest absolute Gasteiger partial charge is 0.0890 e. The molecule has 0 spiro atoms. The summed E-state index contributed by atoms with van der Waals surface area (Å²) < 4.78 is 0. The fraction of sp³-hybridized carbons (Fsp3) is 0.800. The Morgan fingerprint density at radius 3 is 2.90 bits per heavy atom. The van der Waals surface area contributed by atoms with Gasteiger partial charge in [-0.1, -0.05) is 0 Å². The van der Waals surface area contributed by atoms with Crippen LogP contribution in [0.1, 0.15) is 6.92 Å². The zero-order chi connectivity index (χ0) is 7.56. The zero-order valence-electron chi connectivity index (χ0n) is 5.98. The lowest BCUT2D eigenvalue weighted by Gasteiger charge is -2.09. The van der Waals surface area contributed by atoms with Crippen molar-refractivity contribution in [1.82, 2.24) is 10.7 Å². The van der Waals surface area contributed by atoms with Crippen LogP contribution in [0.25, 0.3) is 0 Å². The molecule has 0 aromatic rings. The van der Waals surface area contributed by atoms with Gasteiger partial charge in [0.1, 0.15) is 0 Å². The van der Waals surface area contributed by atoms with Crippen molar-refractivity contribution >= 4 is 6.21 Å². The van der Waals surface area contributed by atoms with E-state index in [1.54, 1.807) is 13.3 Å². The molecule has 2 unspecified atom stereocenters. The summed E-state index contributed by atoms with van der Waals surface area (Å²) in [6, 6.07) is -0.126. The van der Waals surface area contributed by atoms with E-state index in [1.807, 2.05) is 6.92 Å². The minimum absolute atomic E-state index is 0.0324. The van der Waals surface area contributed by atoms with Crippen molar-refractivity contribution in [3.05, 3.63) is 0 Å². The monoisotopic (exact) mass is 145 g/mol. The normalized spacial score (nSPS) is 35.9. The van der Waals surface area contributed by atoms with E-state index in [-0.39, 0.29) is 12.1 Å². The highest BCUT2D eigenvalue weighted by Gasteiger charge is 2.29. The Bertz CT molecular complexity index is 139. The number of rotatable bonds is 1. The Morgan fingerprint density at radius 2 is 2.50 bits per heavy atom. The lowest BCUT2D eigenvalue weighted by Crippen LogP contribution is -2.32. The van der Waals surface area contributed by atoms with E-state index in [2.05, 4.69) is 15.4 Å². The van der Waals surface area contributed by atoms with Crippen molar-refractivity contribution in [1.29, 1.82) is 0 Å². The molecule has 1 heterocycles. The molecular weight excluding hydrogens is 134 g/mol. The third-order valence-corrected chi connectivity index (χ3v) is 1.46. The minimum atomic E-state index is -0.0938. The van der Waals surface area contributed by atoms with Crippen LogP contribution in [0.3, 0.4) is 0 Å². The average molecular weight is 145 g/mol. The summed E-state index contributed by atoms with van der Waals surface area (Å²) in [6.45, 7) is 1.83. The molecule has 0 bridgehead atoms. The Kier molecular flexibility index (Phi) is 2.34. The van der Waals surface area contributed by atoms with Crippen LogP contribution in [0.2, 0.25) is 0 Å². The van der Waals surface area contributed by atoms with Crippen LogP contribution in [0, 0.1) is 0 Å². The van der Waals surface area contributed by atoms with Gasteiger partial charge in [0.25, 0.3) is 0 Å². The Labute approximate surface area is 59.2 Å². The van der Waals surface area contributed by atoms with Gasteiger partial charge in [-0.05, 0) is 12.2 Å². The molecule has 0 aliphatic carbocycles. The summed E-state index contributed by atoms with van der Waals surface area (Å²) in [4.78, 5) is 8.38. The molecule has 2 atom stereocenters. The molecule has 0 radical (unpaired) electrons. The van der Waals surface area contributed by atoms with Crippen molar-refractivity contribution in [3.8, 4) is 0 Å². The second-order valence-electron chi connectivity index (χ2n) is 2.19. The van der Waals surface area contributed by atoms with Crippen molar-refractivity contribution < 1.29 is 10.1 Å². The lowest BCUT2D eigenvalue weighted by atomic mass is 10.2. The first kappa shape index (κ1) is 7.62. The fourth-order valence-electron chi connectivity index (χ4n) is 0.749. The highest BCUT2D eigenvalue weighted by atomic mass is 17.0. The van der Waals surface area contributed by atoms with Crippen molar-refractivity contribution in [2.24, 2.45) is 4.99 Å². The Hall–Kier alpha value is -0.490. The largest absolute Gasteiger partial charge is 0.299 e. The minimum Gasteiger partial charge on any atom is -0.299 e. The van der Waals surface area contributed by atoms with E-state index in [4.69, 9.17) is 5.21 Å². The molecule has 10 heavy (non-hydrogen) atoms. The summed E-state index contributed by atoms with van der Waals surface area (Å²) in [6.07, 6.45) is 1.68. The van der Waals surface area contributed by atoms with Crippen LogP contribution in [0.15, 0.2) is 4.99 Å². The van der Waals surface area contributed by atoms with Crippen molar-refractivity contribution in [3.63, 3.8) is 0 Å². The molecule has 1 rings (SSSR count). The number of nitrogens with one attached hydrogen (secondary N) is 1. The maximum Gasteiger partial charge on any atom is 0.0890 e. The maximum absolute atomic E-state index is 8.88. The van der Waals surface area contributed by atoms with Gasteiger partial charge in [-0.3, -0.25) is 10.2 Å². The summed E-state index contributed by atoms with van der Waals surface area (Å²) >= 11 is 0. The SMILES string of the molecule is CN=CC1NON(O)C1C. The van der Waals surface area contributed by atoms with Gasteiger partial charge in [0.05, 0.1) is 12.1 Å². The fourth-order valence-corrected chi connectivity index (χ4v) is 0.749. The number of nitrogens with zero attached hydrogens (tertiary/aromatic N) is 2. The van der Waals surface area contributed by atoms with Gasteiger partial charge in [0.15, 0.2) is 0 Å². The molecular formula is C5H11N3O2. The van der Waals surface area contributed by atoms with Crippen LogP contribution >= 0.6 is 0 Å². The molecule has 2 N–H and O–H groups in total.